The summed E-state index contributed by atoms with van der Waals surface area (Å²) in [6.07, 6.45) is -20.5. The molecule has 10 rings (SSSR count). The van der Waals surface area contributed by atoms with Crippen molar-refractivity contribution in [2.75, 3.05) is 0 Å². The number of fused-ring (bicyclic) bond motifs is 6. The number of aromatic nitrogens is 3. The maximum Gasteiger partial charge on any atom is 0.416 e. The number of rotatable bonds is 5. The number of hydrogen-bond donors (Lipinski definition) is 0. The van der Waals surface area contributed by atoms with E-state index in [1.54, 1.807) is 107 Å². The number of benzene rings is 7. The molecule has 0 amide bonds. The summed E-state index contributed by atoms with van der Waals surface area (Å²) in [5.41, 5.74) is -3.34. The van der Waals surface area contributed by atoms with Gasteiger partial charge in [0.25, 0.3) is 0 Å². The van der Waals surface area contributed by atoms with Crippen molar-refractivity contribution in [1.82, 2.24) is 14.1 Å². The first-order chi connectivity index (χ1) is 32.6. The Morgan fingerprint density at radius 3 is 1.16 bits per heavy atom. The number of nitriles is 1. The largest absolute Gasteiger partial charge is 0.416 e. The van der Waals surface area contributed by atoms with Crippen LogP contribution in [0.2, 0.25) is 0 Å². The smallest absolute Gasteiger partial charge is 0.308 e. The molecule has 0 aliphatic heterocycles. The quantitative estimate of drug-likeness (QED) is 0.161. The van der Waals surface area contributed by atoms with Gasteiger partial charge in [0.1, 0.15) is 11.6 Å². The number of aryl methyl sites for hydroxylation is 1. The minimum atomic E-state index is -5.12. The molecule has 3 heterocycles. The molecule has 3 aromatic heterocycles. The Hall–Kier alpha value is -8.06. The van der Waals surface area contributed by atoms with E-state index < -0.39 is 47.0 Å². The fraction of sp³-hybridized carbons (Fsp3) is 0.0943. The van der Waals surface area contributed by atoms with Gasteiger partial charge in [-0.1, -0.05) is 66.7 Å². The Kier molecular flexibility index (Phi) is 10.2. The van der Waals surface area contributed by atoms with E-state index in [1.165, 1.54) is 24.3 Å². The number of pyridine rings is 1. The lowest BCUT2D eigenvalue weighted by molar-refractivity contribution is -0.144. The third-order valence-electron chi connectivity index (χ3n) is 12.1. The van der Waals surface area contributed by atoms with Gasteiger partial charge >= 0.3 is 24.7 Å². The van der Waals surface area contributed by atoms with Gasteiger partial charge in [-0.3, -0.25) is 4.98 Å². The van der Waals surface area contributed by atoms with E-state index >= 15 is 0 Å². The summed E-state index contributed by atoms with van der Waals surface area (Å²) < 4.78 is 173. The van der Waals surface area contributed by atoms with Crippen LogP contribution in [-0.4, -0.2) is 14.1 Å². The average molecular weight is 949 g/mol. The van der Waals surface area contributed by atoms with Gasteiger partial charge in [0.05, 0.1) is 61.4 Å². The molecule has 0 aliphatic rings. The van der Waals surface area contributed by atoms with Crippen LogP contribution in [0, 0.1) is 18.3 Å². The van der Waals surface area contributed by atoms with Gasteiger partial charge < -0.3 is 9.13 Å². The van der Waals surface area contributed by atoms with Crippen molar-refractivity contribution < 1.29 is 52.7 Å². The number of alkyl halides is 12. The van der Waals surface area contributed by atoms with E-state index in [0.717, 1.165) is 0 Å². The predicted octanol–water partition coefficient (Wildman–Crippen LogP) is 16.5. The van der Waals surface area contributed by atoms with Crippen LogP contribution in [0.25, 0.3) is 88.5 Å². The van der Waals surface area contributed by atoms with Crippen molar-refractivity contribution in [2.24, 2.45) is 0 Å². The van der Waals surface area contributed by atoms with Gasteiger partial charge in [-0.25, -0.2) is 0 Å². The standard InChI is InChI=1S/C53H28F12N4/c1-28-7-6-10-43(67-28)33-23-48(68-44-11-4-2-8-38(44)40-15-13-29(21-46(40)68)31-17-34(50(54,55)56)25-35(18-31)51(57,58)59)42(27-66)49(24-33)69-45-12-5-3-9-39(45)41-16-14-30(22-47(41)69)32-19-36(52(60,61)62)26-37(20-32)53(63,64)65/h2-26H,1H3. The highest BCUT2D eigenvalue weighted by atomic mass is 19.4. The summed E-state index contributed by atoms with van der Waals surface area (Å²) in [7, 11) is 0. The lowest BCUT2D eigenvalue weighted by atomic mass is 9.98. The first kappa shape index (κ1) is 44.8. The second-order valence-corrected chi connectivity index (χ2v) is 16.4. The van der Waals surface area contributed by atoms with Gasteiger partial charge in [0.15, 0.2) is 0 Å². The van der Waals surface area contributed by atoms with Crippen LogP contribution in [0.1, 0.15) is 33.5 Å². The summed E-state index contributed by atoms with van der Waals surface area (Å²) in [6.45, 7) is 1.76. The first-order valence-corrected chi connectivity index (χ1v) is 20.8. The van der Waals surface area contributed by atoms with E-state index in [9.17, 15) is 57.9 Å². The second-order valence-electron chi connectivity index (χ2n) is 16.4. The van der Waals surface area contributed by atoms with Crippen molar-refractivity contribution in [3.63, 3.8) is 0 Å². The third kappa shape index (κ3) is 7.87. The maximum atomic E-state index is 14.1. The van der Waals surface area contributed by atoms with Crippen LogP contribution in [-0.2, 0) is 24.7 Å². The second kappa shape index (κ2) is 15.8. The summed E-state index contributed by atoms with van der Waals surface area (Å²) in [6, 6.07) is 36.3. The van der Waals surface area contributed by atoms with Gasteiger partial charge in [0.2, 0.25) is 0 Å². The molecule has 0 atom stereocenters. The average Bonchev–Trinajstić information content (AvgIpc) is 3.81. The molecule has 16 heteroatoms. The molecule has 7 aromatic carbocycles. The summed E-state index contributed by atoms with van der Waals surface area (Å²) >= 11 is 0. The van der Waals surface area contributed by atoms with E-state index in [1.807, 2.05) is 0 Å². The van der Waals surface area contributed by atoms with Crippen LogP contribution in [0.5, 0.6) is 0 Å². The monoisotopic (exact) mass is 948 g/mol. The van der Waals surface area contributed by atoms with Crippen molar-refractivity contribution in [3.8, 4) is 51.0 Å². The third-order valence-corrected chi connectivity index (χ3v) is 12.1. The fourth-order valence-electron chi connectivity index (χ4n) is 8.99. The maximum absolute atomic E-state index is 14.1. The first-order valence-electron chi connectivity index (χ1n) is 20.8. The van der Waals surface area contributed by atoms with Crippen LogP contribution in [0.4, 0.5) is 52.7 Å². The molecule has 0 spiro atoms. The van der Waals surface area contributed by atoms with Gasteiger partial charge in [-0.2, -0.15) is 57.9 Å². The molecule has 0 fully saturated rings. The SMILES string of the molecule is Cc1cccc(-c2cc(-n3c4ccccc4c4ccc(-c5cc(C(F)(F)F)cc(C(F)(F)F)c5)cc43)c(C#N)c(-n3c4ccccc4c4ccc(-c5cc(C(F)(F)F)cc(C(F)(F)F)c5)cc43)c2)n1. The van der Waals surface area contributed by atoms with E-state index in [4.69, 9.17) is 4.98 Å². The van der Waals surface area contributed by atoms with E-state index in [0.29, 0.717) is 84.8 Å². The minimum absolute atomic E-state index is 0.00315. The molecule has 0 aliphatic carbocycles. The zero-order valence-electron chi connectivity index (χ0n) is 35.3. The molecular weight excluding hydrogens is 921 g/mol. The van der Waals surface area contributed by atoms with Crippen molar-refractivity contribution in [2.45, 2.75) is 31.6 Å². The molecule has 0 radical (unpaired) electrons. The number of halogens is 12. The number of hydrogen-bond acceptors (Lipinski definition) is 2. The lowest BCUT2D eigenvalue weighted by Gasteiger charge is -2.19. The Morgan fingerprint density at radius 2 is 0.783 bits per heavy atom. The summed E-state index contributed by atoms with van der Waals surface area (Å²) in [5.74, 6) is 0. The Morgan fingerprint density at radius 1 is 0.391 bits per heavy atom. The Labute approximate surface area is 382 Å². The highest BCUT2D eigenvalue weighted by Crippen LogP contribution is 2.45. The van der Waals surface area contributed by atoms with Crippen LogP contribution in [0.3, 0.4) is 0 Å². The summed E-state index contributed by atoms with van der Waals surface area (Å²) in [5, 5.41) is 13.7. The van der Waals surface area contributed by atoms with Crippen molar-refractivity contribution in [1.29, 1.82) is 5.26 Å². The Balaban J connectivity index is 1.30. The predicted molar refractivity (Wildman–Crippen MR) is 239 cm³/mol. The lowest BCUT2D eigenvalue weighted by Crippen LogP contribution is -2.11. The zero-order chi connectivity index (χ0) is 48.9. The normalized spacial score (nSPS) is 12.7. The molecular formula is C53H28F12N4. The number of para-hydroxylation sites is 2. The molecule has 0 bridgehead atoms. The van der Waals surface area contributed by atoms with Crippen LogP contribution >= 0.6 is 0 Å². The summed E-state index contributed by atoms with van der Waals surface area (Å²) in [4.78, 5) is 4.74. The highest BCUT2D eigenvalue weighted by molar-refractivity contribution is 6.12. The molecule has 0 saturated heterocycles. The van der Waals surface area contributed by atoms with Gasteiger partial charge in [-0.15, -0.1) is 0 Å². The highest BCUT2D eigenvalue weighted by Gasteiger charge is 2.39. The molecule has 0 unspecified atom stereocenters. The van der Waals surface area contributed by atoms with Crippen LogP contribution < -0.4 is 0 Å². The molecule has 0 N–H and O–H groups in total. The zero-order valence-corrected chi connectivity index (χ0v) is 35.3. The van der Waals surface area contributed by atoms with Gasteiger partial charge in [-0.05, 0) is 114 Å². The molecule has 69 heavy (non-hydrogen) atoms. The van der Waals surface area contributed by atoms with Gasteiger partial charge in [0, 0.05) is 32.8 Å². The topological polar surface area (TPSA) is 46.5 Å². The fourth-order valence-corrected chi connectivity index (χ4v) is 8.99. The molecule has 0 saturated carbocycles. The molecule has 344 valence electrons. The van der Waals surface area contributed by atoms with E-state index in [-0.39, 0.29) is 51.3 Å². The van der Waals surface area contributed by atoms with Crippen molar-refractivity contribution >= 4 is 43.6 Å². The van der Waals surface area contributed by atoms with Crippen LogP contribution in [0.15, 0.2) is 152 Å². The molecule has 4 nitrogen and oxygen atoms in total. The Bertz CT molecular complexity index is 3490. The van der Waals surface area contributed by atoms with Crippen molar-refractivity contribution in [3.05, 3.63) is 185 Å². The molecule has 10 aromatic rings. The minimum Gasteiger partial charge on any atom is -0.308 e. The number of nitrogens with zero attached hydrogens (tertiary/aromatic N) is 4. The van der Waals surface area contributed by atoms with E-state index in [2.05, 4.69) is 6.07 Å².